The van der Waals surface area contributed by atoms with E-state index in [4.69, 9.17) is 28.9 Å². The van der Waals surface area contributed by atoms with Gasteiger partial charge in [0.25, 0.3) is 5.91 Å². The zero-order valence-electron chi connectivity index (χ0n) is 9.15. The minimum absolute atomic E-state index is 0.221. The van der Waals surface area contributed by atoms with Gasteiger partial charge in [0, 0.05) is 16.9 Å². The average Bonchev–Trinajstić information content (AvgIpc) is 2.32. The molecule has 0 fully saturated rings. The molecule has 18 heavy (non-hydrogen) atoms. The number of nitrogens with two attached hydrogens (primary N) is 1. The standard InChI is InChI=1S/C12H9Cl2N3O/c13-7-3-4-8(9(15)6-7)12(18)17-10-2-1-5-16-11(10)14/h1-6H,15H2,(H,17,18). The third-order valence-electron chi connectivity index (χ3n) is 2.27. The molecular weight excluding hydrogens is 273 g/mol. The van der Waals surface area contributed by atoms with E-state index in [1.54, 1.807) is 24.3 Å². The molecule has 92 valence electrons. The lowest BCUT2D eigenvalue weighted by atomic mass is 10.1. The van der Waals surface area contributed by atoms with Crippen molar-refractivity contribution in [2.24, 2.45) is 0 Å². The number of carbonyl (C=O) groups is 1. The van der Waals surface area contributed by atoms with Gasteiger partial charge in [-0.05, 0) is 30.3 Å². The highest BCUT2D eigenvalue weighted by atomic mass is 35.5. The average molecular weight is 282 g/mol. The zero-order valence-corrected chi connectivity index (χ0v) is 10.7. The Morgan fingerprint density at radius 3 is 2.72 bits per heavy atom. The molecule has 1 aromatic carbocycles. The second kappa shape index (κ2) is 5.25. The van der Waals surface area contributed by atoms with E-state index in [0.29, 0.717) is 22.0 Å². The molecule has 1 amide bonds. The van der Waals surface area contributed by atoms with Gasteiger partial charge in [0.15, 0.2) is 5.15 Å². The molecule has 0 unspecified atom stereocenters. The Labute approximate surface area is 114 Å². The van der Waals surface area contributed by atoms with Crippen LogP contribution in [-0.2, 0) is 0 Å². The quantitative estimate of drug-likeness (QED) is 0.656. The predicted molar refractivity (Wildman–Crippen MR) is 73.1 cm³/mol. The minimum atomic E-state index is -0.362. The number of nitrogens with one attached hydrogen (secondary N) is 1. The van der Waals surface area contributed by atoms with Gasteiger partial charge in [-0.2, -0.15) is 0 Å². The van der Waals surface area contributed by atoms with E-state index in [1.807, 2.05) is 0 Å². The lowest BCUT2D eigenvalue weighted by molar-refractivity contribution is 0.102. The molecule has 0 aliphatic rings. The maximum atomic E-state index is 12.0. The molecule has 0 saturated heterocycles. The summed E-state index contributed by atoms with van der Waals surface area (Å²) in [5, 5.41) is 3.33. The van der Waals surface area contributed by atoms with Crippen molar-refractivity contribution in [1.82, 2.24) is 4.98 Å². The first kappa shape index (κ1) is 12.7. The maximum absolute atomic E-state index is 12.0. The number of hydrogen-bond acceptors (Lipinski definition) is 3. The summed E-state index contributed by atoms with van der Waals surface area (Å²) >= 11 is 11.6. The van der Waals surface area contributed by atoms with E-state index in [2.05, 4.69) is 10.3 Å². The summed E-state index contributed by atoms with van der Waals surface area (Å²) in [7, 11) is 0. The van der Waals surface area contributed by atoms with Crippen LogP contribution in [0.15, 0.2) is 36.5 Å². The number of amides is 1. The van der Waals surface area contributed by atoms with Crippen LogP contribution in [0.4, 0.5) is 11.4 Å². The van der Waals surface area contributed by atoms with E-state index >= 15 is 0 Å². The SMILES string of the molecule is Nc1cc(Cl)ccc1C(=O)Nc1cccnc1Cl. The number of halogens is 2. The van der Waals surface area contributed by atoms with Crippen LogP contribution in [0.3, 0.4) is 0 Å². The highest BCUT2D eigenvalue weighted by molar-refractivity contribution is 6.33. The number of anilines is 2. The summed E-state index contributed by atoms with van der Waals surface area (Å²) in [6, 6.07) is 7.99. The summed E-state index contributed by atoms with van der Waals surface area (Å²) in [5.74, 6) is -0.362. The van der Waals surface area contributed by atoms with Crippen LogP contribution in [0.5, 0.6) is 0 Å². The van der Waals surface area contributed by atoms with Crippen molar-refractivity contribution < 1.29 is 4.79 Å². The van der Waals surface area contributed by atoms with Crippen LogP contribution >= 0.6 is 23.2 Å². The molecule has 0 atom stereocenters. The number of rotatable bonds is 2. The molecule has 0 aliphatic carbocycles. The second-order valence-electron chi connectivity index (χ2n) is 3.53. The van der Waals surface area contributed by atoms with E-state index in [1.165, 1.54) is 12.3 Å². The first-order valence-electron chi connectivity index (χ1n) is 5.05. The normalized spacial score (nSPS) is 10.1. The Bertz CT molecular complexity index is 602. The predicted octanol–water partition coefficient (Wildman–Crippen LogP) is 3.22. The monoisotopic (exact) mass is 281 g/mol. The number of aromatic nitrogens is 1. The lowest BCUT2D eigenvalue weighted by Crippen LogP contribution is -2.14. The Kier molecular flexibility index (Phi) is 3.69. The van der Waals surface area contributed by atoms with Gasteiger partial charge < -0.3 is 11.1 Å². The van der Waals surface area contributed by atoms with Crippen LogP contribution in [0.2, 0.25) is 10.2 Å². The van der Waals surface area contributed by atoms with Gasteiger partial charge in [-0.25, -0.2) is 4.98 Å². The van der Waals surface area contributed by atoms with Gasteiger partial charge in [0.05, 0.1) is 11.3 Å². The largest absolute Gasteiger partial charge is 0.398 e. The minimum Gasteiger partial charge on any atom is -0.398 e. The molecule has 1 heterocycles. The number of hydrogen-bond donors (Lipinski definition) is 2. The molecule has 0 radical (unpaired) electrons. The summed E-state index contributed by atoms with van der Waals surface area (Å²) < 4.78 is 0. The van der Waals surface area contributed by atoms with Crippen molar-refractivity contribution >= 4 is 40.5 Å². The van der Waals surface area contributed by atoms with Gasteiger partial charge in [-0.1, -0.05) is 23.2 Å². The van der Waals surface area contributed by atoms with Crippen LogP contribution in [0.25, 0.3) is 0 Å². The fourth-order valence-electron chi connectivity index (χ4n) is 1.41. The molecule has 2 aromatic rings. The van der Waals surface area contributed by atoms with E-state index in [-0.39, 0.29) is 11.1 Å². The molecule has 1 aromatic heterocycles. The summed E-state index contributed by atoms with van der Waals surface area (Å²) in [6.45, 7) is 0. The molecule has 6 heteroatoms. The number of nitrogens with zero attached hydrogens (tertiary/aromatic N) is 1. The van der Waals surface area contributed by atoms with Crippen molar-refractivity contribution in [3.63, 3.8) is 0 Å². The van der Waals surface area contributed by atoms with Crippen molar-refractivity contribution in [3.05, 3.63) is 52.3 Å². The number of benzene rings is 1. The number of nitrogen functional groups attached to an aromatic ring is 1. The Hall–Kier alpha value is -1.78. The van der Waals surface area contributed by atoms with Crippen molar-refractivity contribution in [1.29, 1.82) is 0 Å². The Balaban J connectivity index is 2.25. The van der Waals surface area contributed by atoms with Crippen LogP contribution in [0, 0.1) is 0 Å². The topological polar surface area (TPSA) is 68.0 Å². The van der Waals surface area contributed by atoms with Crippen molar-refractivity contribution in [2.75, 3.05) is 11.1 Å². The molecular formula is C12H9Cl2N3O. The van der Waals surface area contributed by atoms with E-state index in [0.717, 1.165) is 0 Å². The summed E-state index contributed by atoms with van der Waals surface area (Å²) in [5.41, 5.74) is 6.79. The van der Waals surface area contributed by atoms with Gasteiger partial charge in [0.2, 0.25) is 0 Å². The summed E-state index contributed by atoms with van der Waals surface area (Å²) in [4.78, 5) is 15.8. The lowest BCUT2D eigenvalue weighted by Gasteiger charge is -2.08. The Morgan fingerprint density at radius 2 is 2.06 bits per heavy atom. The first-order chi connectivity index (χ1) is 8.58. The van der Waals surface area contributed by atoms with Gasteiger partial charge in [0.1, 0.15) is 0 Å². The molecule has 4 nitrogen and oxygen atoms in total. The first-order valence-corrected chi connectivity index (χ1v) is 5.80. The molecule has 3 N–H and O–H groups in total. The number of carbonyl (C=O) groups excluding carboxylic acids is 1. The van der Waals surface area contributed by atoms with Gasteiger partial charge in [-0.3, -0.25) is 4.79 Å². The van der Waals surface area contributed by atoms with Crippen LogP contribution in [0.1, 0.15) is 10.4 Å². The fraction of sp³-hybridized carbons (Fsp3) is 0. The molecule has 0 spiro atoms. The summed E-state index contributed by atoms with van der Waals surface area (Å²) in [6.07, 6.45) is 1.54. The van der Waals surface area contributed by atoms with E-state index < -0.39 is 0 Å². The third-order valence-corrected chi connectivity index (χ3v) is 2.80. The van der Waals surface area contributed by atoms with Gasteiger partial charge >= 0.3 is 0 Å². The molecule has 2 rings (SSSR count). The molecule has 0 aliphatic heterocycles. The number of pyridine rings is 1. The highest BCUT2D eigenvalue weighted by Crippen LogP contribution is 2.22. The highest BCUT2D eigenvalue weighted by Gasteiger charge is 2.11. The second-order valence-corrected chi connectivity index (χ2v) is 4.32. The zero-order chi connectivity index (χ0) is 13.1. The molecule has 0 bridgehead atoms. The maximum Gasteiger partial charge on any atom is 0.257 e. The Morgan fingerprint density at radius 1 is 1.28 bits per heavy atom. The van der Waals surface area contributed by atoms with E-state index in [9.17, 15) is 4.79 Å². The molecule has 0 saturated carbocycles. The van der Waals surface area contributed by atoms with Crippen LogP contribution in [-0.4, -0.2) is 10.9 Å². The van der Waals surface area contributed by atoms with Crippen molar-refractivity contribution in [3.8, 4) is 0 Å². The van der Waals surface area contributed by atoms with Crippen LogP contribution < -0.4 is 11.1 Å². The van der Waals surface area contributed by atoms with Crippen molar-refractivity contribution in [2.45, 2.75) is 0 Å². The van der Waals surface area contributed by atoms with Gasteiger partial charge in [-0.15, -0.1) is 0 Å². The fourth-order valence-corrected chi connectivity index (χ4v) is 1.76. The third kappa shape index (κ3) is 2.72. The smallest absolute Gasteiger partial charge is 0.257 e.